The second-order valence-corrected chi connectivity index (χ2v) is 5.10. The predicted octanol–water partition coefficient (Wildman–Crippen LogP) is -5.38. The molecule has 0 radical (unpaired) electrons. The summed E-state index contributed by atoms with van der Waals surface area (Å²) in [5.41, 5.74) is 10.0. The van der Waals surface area contributed by atoms with E-state index in [0.717, 1.165) is 11.3 Å². The monoisotopic (exact) mass is 335 g/mol. The van der Waals surface area contributed by atoms with Crippen molar-refractivity contribution in [3.63, 3.8) is 0 Å². The number of nitrogens with zero attached hydrogens (tertiary/aromatic N) is 3. The normalized spacial score (nSPS) is 9.75. The minimum atomic E-state index is 0. The Morgan fingerprint density at radius 1 is 1.35 bits per heavy atom. The summed E-state index contributed by atoms with van der Waals surface area (Å²) in [5.74, 6) is 1.22. The van der Waals surface area contributed by atoms with Gasteiger partial charge in [-0.2, -0.15) is 4.57 Å². The largest absolute Gasteiger partial charge is 1.00 e. The van der Waals surface area contributed by atoms with Crippen LogP contribution in [0.2, 0.25) is 0 Å². The second-order valence-electron chi connectivity index (χ2n) is 4.16. The van der Waals surface area contributed by atoms with E-state index in [0.29, 0.717) is 24.6 Å². The summed E-state index contributed by atoms with van der Waals surface area (Å²) >= 11 is 1.65. The molecule has 2 aromatic heterocycles. The van der Waals surface area contributed by atoms with E-state index >= 15 is 0 Å². The van der Waals surface area contributed by atoms with Gasteiger partial charge < -0.3 is 35.7 Å². The van der Waals surface area contributed by atoms with Gasteiger partial charge in [-0.15, -0.1) is 0 Å². The van der Waals surface area contributed by atoms with Gasteiger partial charge in [0, 0.05) is 26.1 Å². The van der Waals surface area contributed by atoms with Gasteiger partial charge in [-0.25, -0.2) is 9.97 Å². The van der Waals surface area contributed by atoms with Gasteiger partial charge in [0.15, 0.2) is 12.2 Å². The maximum atomic E-state index is 8.98. The van der Waals surface area contributed by atoms with Gasteiger partial charge in [-0.3, -0.25) is 0 Å². The quantitative estimate of drug-likeness (QED) is 0.547. The maximum absolute atomic E-state index is 8.98. The number of aliphatic hydroxyl groups is 1. The van der Waals surface area contributed by atoms with Gasteiger partial charge in [0.05, 0.1) is 10.4 Å². The highest BCUT2D eigenvalue weighted by Gasteiger charge is 2.16. The van der Waals surface area contributed by atoms with Crippen LogP contribution < -0.4 is 35.1 Å². The average Bonchev–Trinajstić information content (AvgIpc) is 2.66. The molecular weight excluding hydrogens is 319 g/mol. The molecule has 0 bridgehead atoms. The molecular formula is C12H17Cl2N4OS-. The lowest BCUT2D eigenvalue weighted by atomic mass is 10.2. The number of hydrogen-bond donors (Lipinski definition) is 2. The summed E-state index contributed by atoms with van der Waals surface area (Å²) in [7, 11) is 0. The molecule has 112 valence electrons. The first-order chi connectivity index (χ1) is 8.61. The molecule has 0 amide bonds. The fourth-order valence-corrected chi connectivity index (χ4v) is 2.75. The van der Waals surface area contributed by atoms with Crippen LogP contribution in [0.25, 0.3) is 0 Å². The van der Waals surface area contributed by atoms with Crippen molar-refractivity contribution in [3.8, 4) is 0 Å². The number of hydrogen-bond acceptors (Lipinski definition) is 5. The Hall–Kier alpha value is -0.950. The fraction of sp³-hybridized carbons (Fsp3) is 0.417. The van der Waals surface area contributed by atoms with Gasteiger partial charge in [-0.1, -0.05) is 11.3 Å². The highest BCUT2D eigenvalue weighted by molar-refractivity contribution is 7.09. The Bertz CT molecular complexity index is 562. The number of anilines is 1. The zero-order chi connectivity index (χ0) is 13.1. The van der Waals surface area contributed by atoms with Crippen molar-refractivity contribution in [2.75, 3.05) is 12.3 Å². The van der Waals surface area contributed by atoms with E-state index in [2.05, 4.69) is 14.5 Å². The Balaban J connectivity index is 0.00000180. The minimum absolute atomic E-state index is 0. The molecule has 0 aromatic carbocycles. The van der Waals surface area contributed by atoms with Gasteiger partial charge in [0.2, 0.25) is 5.51 Å². The molecule has 5 nitrogen and oxygen atoms in total. The van der Waals surface area contributed by atoms with Crippen LogP contribution in [0.4, 0.5) is 5.82 Å². The number of aromatic nitrogens is 3. The smallest absolute Gasteiger partial charge is 0.225 e. The molecule has 0 aliphatic carbocycles. The van der Waals surface area contributed by atoms with Crippen molar-refractivity contribution in [1.29, 1.82) is 0 Å². The Labute approximate surface area is 134 Å². The molecule has 0 saturated heterocycles. The lowest BCUT2D eigenvalue weighted by molar-refractivity contribution is -0.689. The molecule has 8 heteroatoms. The highest BCUT2D eigenvalue weighted by Crippen LogP contribution is 2.13. The van der Waals surface area contributed by atoms with E-state index in [4.69, 9.17) is 10.8 Å². The number of aliphatic hydroxyl groups excluding tert-OH is 1. The highest BCUT2D eigenvalue weighted by atomic mass is 35.5. The first-order valence-electron chi connectivity index (χ1n) is 5.77. The Morgan fingerprint density at radius 2 is 2.05 bits per heavy atom. The third kappa shape index (κ3) is 4.28. The molecule has 0 atom stereocenters. The van der Waals surface area contributed by atoms with Crippen molar-refractivity contribution in [2.24, 2.45) is 0 Å². The summed E-state index contributed by atoms with van der Waals surface area (Å²) in [4.78, 5) is 9.53. The van der Waals surface area contributed by atoms with Gasteiger partial charge in [0.1, 0.15) is 11.6 Å². The van der Waals surface area contributed by atoms with Gasteiger partial charge in [-0.05, 0) is 6.92 Å². The molecule has 3 N–H and O–H groups in total. The van der Waals surface area contributed by atoms with E-state index in [-0.39, 0.29) is 31.4 Å². The van der Waals surface area contributed by atoms with Crippen LogP contribution in [0, 0.1) is 13.8 Å². The first-order valence-corrected chi connectivity index (χ1v) is 6.65. The second kappa shape index (κ2) is 8.36. The molecule has 0 aliphatic rings. The van der Waals surface area contributed by atoms with Crippen molar-refractivity contribution in [1.82, 2.24) is 9.97 Å². The SMILES string of the molecule is Cc1ncc(C[n+]2csc(CCO)c2C)c(N)n1.[Cl-].[Cl-]. The topological polar surface area (TPSA) is 75.9 Å². The predicted molar refractivity (Wildman–Crippen MR) is 70.3 cm³/mol. The van der Waals surface area contributed by atoms with E-state index in [1.807, 2.05) is 19.4 Å². The lowest BCUT2D eigenvalue weighted by Gasteiger charge is -2.01. The molecule has 0 saturated carbocycles. The molecule has 2 rings (SSSR count). The van der Waals surface area contributed by atoms with Crippen molar-refractivity contribution in [3.05, 3.63) is 33.7 Å². The maximum Gasteiger partial charge on any atom is 0.225 e. The van der Waals surface area contributed by atoms with E-state index in [1.165, 1.54) is 4.88 Å². The summed E-state index contributed by atoms with van der Waals surface area (Å²) in [6.45, 7) is 4.71. The molecule has 0 spiro atoms. The number of rotatable bonds is 4. The third-order valence-electron chi connectivity index (χ3n) is 2.85. The average molecular weight is 336 g/mol. The van der Waals surface area contributed by atoms with E-state index < -0.39 is 0 Å². The van der Waals surface area contributed by atoms with Crippen molar-refractivity contribution >= 4 is 17.2 Å². The summed E-state index contributed by atoms with van der Waals surface area (Å²) < 4.78 is 2.11. The third-order valence-corrected chi connectivity index (χ3v) is 4.00. The zero-order valence-corrected chi connectivity index (χ0v) is 13.6. The van der Waals surface area contributed by atoms with E-state index in [1.54, 1.807) is 17.5 Å². The zero-order valence-electron chi connectivity index (χ0n) is 11.3. The van der Waals surface area contributed by atoms with Crippen LogP contribution in [0.3, 0.4) is 0 Å². The van der Waals surface area contributed by atoms with Crippen LogP contribution in [0.1, 0.15) is 22.0 Å². The summed E-state index contributed by atoms with van der Waals surface area (Å²) in [5, 5.41) is 8.98. The van der Waals surface area contributed by atoms with E-state index in [9.17, 15) is 0 Å². The van der Waals surface area contributed by atoms with Crippen LogP contribution in [0.15, 0.2) is 11.7 Å². The van der Waals surface area contributed by atoms with Gasteiger partial charge in [0.25, 0.3) is 0 Å². The molecule has 20 heavy (non-hydrogen) atoms. The fourth-order valence-electron chi connectivity index (χ4n) is 1.77. The summed E-state index contributed by atoms with van der Waals surface area (Å²) in [6, 6.07) is 0. The molecule has 2 aromatic rings. The molecule has 0 aliphatic heterocycles. The van der Waals surface area contributed by atoms with Crippen molar-refractivity contribution in [2.45, 2.75) is 26.8 Å². The van der Waals surface area contributed by atoms with Crippen molar-refractivity contribution < 1.29 is 34.5 Å². The minimum Gasteiger partial charge on any atom is -1.00 e. The Morgan fingerprint density at radius 3 is 2.65 bits per heavy atom. The first kappa shape index (κ1) is 19.1. The molecule has 0 unspecified atom stereocenters. The number of aryl methyl sites for hydroxylation is 1. The number of nitrogen functional groups attached to an aromatic ring is 1. The van der Waals surface area contributed by atoms with Crippen LogP contribution in [-0.4, -0.2) is 21.7 Å². The van der Waals surface area contributed by atoms with Crippen LogP contribution in [-0.2, 0) is 13.0 Å². The Kier molecular flexibility index (Phi) is 7.96. The standard InChI is InChI=1S/C12H17N4OS.2ClH/c1-8-11(3-4-17)18-7-16(8)6-10-5-14-9(2)15-12(10)13;;/h5,7,17H,3-4,6H2,1-2H3,(H2,13,14,15);2*1H/q+1;;/p-2. The molecule has 2 heterocycles. The number of thiazole rings is 1. The lowest BCUT2D eigenvalue weighted by Crippen LogP contribution is -3.00. The molecule has 0 fully saturated rings. The van der Waals surface area contributed by atoms with Crippen LogP contribution in [0.5, 0.6) is 0 Å². The number of nitrogens with two attached hydrogens (primary N) is 1. The summed E-state index contributed by atoms with van der Waals surface area (Å²) in [6.07, 6.45) is 2.47. The number of halogens is 2. The van der Waals surface area contributed by atoms with Crippen LogP contribution >= 0.6 is 11.3 Å². The van der Waals surface area contributed by atoms with Gasteiger partial charge >= 0.3 is 0 Å².